The zero-order valence-corrected chi connectivity index (χ0v) is 9.12. The van der Waals surface area contributed by atoms with Gasteiger partial charge >= 0.3 is 0 Å². The van der Waals surface area contributed by atoms with Crippen LogP contribution in [0.15, 0.2) is 0 Å². The normalized spacial score (nSPS) is 33.2. The maximum atomic E-state index is 8.75. The first-order valence-corrected chi connectivity index (χ1v) is 6.21. The molecular weight excluding hydrogens is 174 g/mol. The second-order valence-electron chi connectivity index (χ2n) is 5.08. The van der Waals surface area contributed by atoms with E-state index in [4.69, 9.17) is 5.11 Å². The first-order valence-electron chi connectivity index (χ1n) is 6.21. The van der Waals surface area contributed by atoms with E-state index in [1.165, 1.54) is 51.7 Å². The fourth-order valence-corrected chi connectivity index (χ4v) is 3.03. The molecule has 3 aliphatic rings. The number of unbranched alkanes of at least 4 members (excludes halogenated alkanes) is 1. The molecule has 2 aliphatic heterocycles. The first-order chi connectivity index (χ1) is 6.88. The van der Waals surface area contributed by atoms with Gasteiger partial charge in [0.2, 0.25) is 0 Å². The van der Waals surface area contributed by atoms with Gasteiger partial charge in [-0.15, -0.1) is 0 Å². The zero-order chi connectivity index (χ0) is 9.80. The topological polar surface area (TPSA) is 23.5 Å². The molecule has 1 saturated carbocycles. The molecule has 1 N–H and O–H groups in total. The van der Waals surface area contributed by atoms with Gasteiger partial charge in [-0.05, 0) is 56.9 Å². The van der Waals surface area contributed by atoms with Crippen molar-refractivity contribution in [1.29, 1.82) is 0 Å². The van der Waals surface area contributed by atoms with E-state index in [2.05, 4.69) is 4.90 Å². The van der Waals surface area contributed by atoms with Crippen molar-refractivity contribution in [1.82, 2.24) is 4.90 Å². The lowest BCUT2D eigenvalue weighted by Crippen LogP contribution is -2.29. The second kappa shape index (κ2) is 5.13. The molecule has 0 radical (unpaired) electrons. The molecule has 2 nitrogen and oxygen atoms in total. The molecule has 0 atom stereocenters. The lowest BCUT2D eigenvalue weighted by Gasteiger charge is -2.21. The Morgan fingerprint density at radius 1 is 0.929 bits per heavy atom. The average molecular weight is 197 g/mol. The van der Waals surface area contributed by atoms with Crippen LogP contribution in [-0.2, 0) is 0 Å². The van der Waals surface area contributed by atoms with E-state index in [9.17, 15) is 0 Å². The molecule has 82 valence electrons. The van der Waals surface area contributed by atoms with E-state index < -0.39 is 0 Å². The molecular formula is C12H23NO. The summed E-state index contributed by atoms with van der Waals surface area (Å²) in [6.07, 6.45) is 8.05. The van der Waals surface area contributed by atoms with Crippen LogP contribution in [0.1, 0.15) is 38.5 Å². The summed E-state index contributed by atoms with van der Waals surface area (Å²) in [6.45, 7) is 4.25. The Labute approximate surface area is 87.3 Å². The van der Waals surface area contributed by atoms with Crippen molar-refractivity contribution in [3.63, 3.8) is 0 Å². The SMILES string of the molecule is OCCCCN1CC2CCC(CC2)C1. The molecule has 14 heavy (non-hydrogen) atoms. The van der Waals surface area contributed by atoms with Crippen LogP contribution in [0.5, 0.6) is 0 Å². The maximum absolute atomic E-state index is 8.75. The highest BCUT2D eigenvalue weighted by Gasteiger charge is 2.28. The molecule has 2 heteroatoms. The van der Waals surface area contributed by atoms with E-state index >= 15 is 0 Å². The van der Waals surface area contributed by atoms with Crippen LogP contribution in [0.2, 0.25) is 0 Å². The fourth-order valence-electron chi connectivity index (χ4n) is 3.03. The molecule has 2 heterocycles. The highest BCUT2D eigenvalue weighted by Crippen LogP contribution is 2.33. The van der Waals surface area contributed by atoms with E-state index in [0.717, 1.165) is 18.3 Å². The summed E-state index contributed by atoms with van der Waals surface area (Å²) < 4.78 is 0. The van der Waals surface area contributed by atoms with E-state index in [1.807, 2.05) is 0 Å². The summed E-state index contributed by atoms with van der Waals surface area (Å²) in [7, 11) is 0. The van der Waals surface area contributed by atoms with Gasteiger partial charge in [0.25, 0.3) is 0 Å². The van der Waals surface area contributed by atoms with Crippen molar-refractivity contribution in [3.8, 4) is 0 Å². The Morgan fingerprint density at radius 3 is 2.00 bits per heavy atom. The molecule has 0 aromatic carbocycles. The third kappa shape index (κ3) is 2.71. The number of fused-ring (bicyclic) bond motifs is 4. The second-order valence-corrected chi connectivity index (χ2v) is 5.08. The number of aliphatic hydroxyl groups excluding tert-OH is 1. The summed E-state index contributed by atoms with van der Waals surface area (Å²) in [6, 6.07) is 0. The standard InChI is InChI=1S/C12H23NO/c14-8-2-1-7-13-9-11-3-4-12(10-13)6-5-11/h11-12,14H,1-10H2. The number of hydrogen-bond acceptors (Lipinski definition) is 2. The van der Waals surface area contributed by atoms with Gasteiger partial charge in [-0.25, -0.2) is 0 Å². The van der Waals surface area contributed by atoms with Gasteiger partial charge in [-0.1, -0.05) is 0 Å². The van der Waals surface area contributed by atoms with Crippen molar-refractivity contribution < 1.29 is 5.11 Å². The van der Waals surface area contributed by atoms with E-state index in [1.54, 1.807) is 0 Å². The number of nitrogens with zero attached hydrogens (tertiary/aromatic N) is 1. The average Bonchev–Trinajstić information content (AvgIpc) is 2.50. The van der Waals surface area contributed by atoms with Gasteiger partial charge in [0.1, 0.15) is 0 Å². The first kappa shape index (κ1) is 10.4. The smallest absolute Gasteiger partial charge is 0.0431 e. The number of rotatable bonds is 4. The molecule has 2 bridgehead atoms. The molecule has 0 amide bonds. The van der Waals surface area contributed by atoms with Gasteiger partial charge in [0.05, 0.1) is 0 Å². The lowest BCUT2D eigenvalue weighted by atomic mass is 9.84. The largest absolute Gasteiger partial charge is 0.396 e. The summed E-state index contributed by atoms with van der Waals surface area (Å²) >= 11 is 0. The van der Waals surface area contributed by atoms with E-state index in [0.29, 0.717) is 6.61 Å². The predicted molar refractivity (Wildman–Crippen MR) is 58.2 cm³/mol. The Morgan fingerprint density at radius 2 is 1.50 bits per heavy atom. The van der Waals surface area contributed by atoms with Crippen LogP contribution in [0, 0.1) is 11.8 Å². The van der Waals surface area contributed by atoms with Crippen LogP contribution in [0.25, 0.3) is 0 Å². The van der Waals surface area contributed by atoms with Gasteiger partial charge in [0.15, 0.2) is 0 Å². The van der Waals surface area contributed by atoms with Gasteiger partial charge in [-0.2, -0.15) is 0 Å². The molecule has 0 spiro atoms. The van der Waals surface area contributed by atoms with Crippen molar-refractivity contribution in [2.24, 2.45) is 11.8 Å². The Bertz CT molecular complexity index is 150. The minimum atomic E-state index is 0.362. The van der Waals surface area contributed by atoms with Crippen LogP contribution in [-0.4, -0.2) is 36.2 Å². The van der Waals surface area contributed by atoms with Crippen LogP contribution in [0.4, 0.5) is 0 Å². The highest BCUT2D eigenvalue weighted by molar-refractivity contribution is 4.82. The predicted octanol–water partition coefficient (Wildman–Crippen LogP) is 1.88. The maximum Gasteiger partial charge on any atom is 0.0431 e. The molecule has 0 aromatic rings. The highest BCUT2D eigenvalue weighted by atomic mass is 16.2. The minimum Gasteiger partial charge on any atom is -0.396 e. The Hall–Kier alpha value is -0.0800. The third-order valence-corrected chi connectivity index (χ3v) is 3.88. The number of hydrogen-bond donors (Lipinski definition) is 1. The molecule has 0 aromatic heterocycles. The van der Waals surface area contributed by atoms with Crippen molar-refractivity contribution in [2.45, 2.75) is 38.5 Å². The van der Waals surface area contributed by atoms with Crippen LogP contribution in [0.3, 0.4) is 0 Å². The van der Waals surface area contributed by atoms with Crippen molar-refractivity contribution in [2.75, 3.05) is 26.2 Å². The monoisotopic (exact) mass is 197 g/mol. The minimum absolute atomic E-state index is 0.362. The lowest BCUT2D eigenvalue weighted by molar-refractivity contribution is 0.229. The van der Waals surface area contributed by atoms with Crippen molar-refractivity contribution >= 4 is 0 Å². The summed E-state index contributed by atoms with van der Waals surface area (Å²) in [5.74, 6) is 1.98. The van der Waals surface area contributed by atoms with Gasteiger partial charge in [-0.3, -0.25) is 0 Å². The van der Waals surface area contributed by atoms with E-state index in [-0.39, 0.29) is 0 Å². The van der Waals surface area contributed by atoms with Gasteiger partial charge < -0.3 is 10.0 Å². The van der Waals surface area contributed by atoms with Crippen molar-refractivity contribution in [3.05, 3.63) is 0 Å². The van der Waals surface area contributed by atoms with Gasteiger partial charge in [0, 0.05) is 19.7 Å². The molecule has 0 unspecified atom stereocenters. The quantitative estimate of drug-likeness (QED) is 0.696. The summed E-state index contributed by atoms with van der Waals surface area (Å²) in [5, 5.41) is 8.75. The Kier molecular flexibility index (Phi) is 3.82. The number of aliphatic hydroxyl groups is 1. The summed E-state index contributed by atoms with van der Waals surface area (Å²) in [5.41, 5.74) is 0. The molecule has 1 aliphatic carbocycles. The van der Waals surface area contributed by atoms with Crippen LogP contribution < -0.4 is 0 Å². The third-order valence-electron chi connectivity index (χ3n) is 3.88. The molecule has 2 saturated heterocycles. The molecule has 3 fully saturated rings. The fraction of sp³-hybridized carbons (Fsp3) is 1.00. The van der Waals surface area contributed by atoms with Crippen LogP contribution >= 0.6 is 0 Å². The Balaban J connectivity index is 1.76. The molecule has 3 rings (SSSR count). The zero-order valence-electron chi connectivity index (χ0n) is 9.12. The summed E-state index contributed by atoms with van der Waals surface area (Å²) in [4.78, 5) is 2.64.